The van der Waals surface area contributed by atoms with E-state index in [9.17, 15) is 33.9 Å². The average molecular weight is 1110 g/mol. The van der Waals surface area contributed by atoms with Crippen molar-refractivity contribution in [2.75, 3.05) is 56.0 Å². The monoisotopic (exact) mass is 1110 g/mol. The maximum absolute atomic E-state index is 14.1. The Morgan fingerprint density at radius 2 is 1.55 bits per heavy atom. The molecule has 0 unspecified atom stereocenters. The van der Waals surface area contributed by atoms with E-state index in [4.69, 9.17) is 10.4 Å². The molecule has 5 amide bonds. The number of β-amino-alcohol motifs (C(OH)–C–C–N with tert-alkyl or cyclic N) is 1. The van der Waals surface area contributed by atoms with Crippen LogP contribution in [0.1, 0.15) is 124 Å². The molecule has 2 fully saturated rings. The lowest BCUT2D eigenvalue weighted by Crippen LogP contribution is -2.57. The molecule has 5 heterocycles. The number of nitrogens with one attached hydrogen (secondary N) is 7. The van der Waals surface area contributed by atoms with Gasteiger partial charge in [-0.15, -0.1) is 11.3 Å². The number of H-pyrrole nitrogens is 1. The van der Waals surface area contributed by atoms with Crippen LogP contribution in [0.4, 0.5) is 11.5 Å². The summed E-state index contributed by atoms with van der Waals surface area (Å²) in [6.45, 7) is 19.9. The van der Waals surface area contributed by atoms with Crippen molar-refractivity contribution in [3.8, 4) is 21.6 Å². The van der Waals surface area contributed by atoms with E-state index < -0.39 is 35.4 Å². The van der Waals surface area contributed by atoms with Gasteiger partial charge in [0.15, 0.2) is 0 Å². The van der Waals surface area contributed by atoms with Crippen LogP contribution in [0.5, 0.6) is 0 Å². The molecule has 0 spiro atoms. The molecular weight excluding hydrogens is 1030 g/mol. The molecule has 0 aliphatic carbocycles. The standard InChI is InChI=1S/C60H80N12O7S/c1-37(2)67-49-29-44(28-46(47(49)31-61)56(76)65-34-48-38(3)27-39(4)68-57(48)77)43-19-20-51(63-33-43)71-25-23-70(24-26-71)22-21-62-52(74)13-11-9-10-12-14-53(75)69-55(60(6,7)8)59(79)72-35-45(73)30-50(72)58(78)64-32-41-15-17-42(18-16-41)54-40(5)66-36-80-54/h15-20,27-29,31,33,36-37,45,50,55,61,67,73H,9-14,21-26,30,32,34-35H2,1-8H3,(H,62,74)(H,64,78)(H,65,76)(H,68,77)(H,69,75)/t45-,50+,55-/m1/s1. The number of likely N-dealkylation sites (tertiary alicyclic amines) is 1. The number of aliphatic hydroxyl groups is 1. The Morgan fingerprint density at radius 3 is 2.17 bits per heavy atom. The van der Waals surface area contributed by atoms with E-state index in [1.165, 1.54) is 11.1 Å². The number of unbranched alkanes of at least 4 members (excludes halogenated alkanes) is 3. The van der Waals surface area contributed by atoms with E-state index >= 15 is 0 Å². The fraction of sp³-hybridized carbons (Fsp3) is 0.483. The summed E-state index contributed by atoms with van der Waals surface area (Å²) < 4.78 is 0. The molecule has 3 atom stereocenters. The summed E-state index contributed by atoms with van der Waals surface area (Å²) in [4.78, 5) is 98.9. The van der Waals surface area contributed by atoms with Gasteiger partial charge in [0.1, 0.15) is 17.9 Å². The third-order valence-electron chi connectivity index (χ3n) is 14.7. The van der Waals surface area contributed by atoms with E-state index in [0.29, 0.717) is 48.2 Å². The van der Waals surface area contributed by atoms with Crippen LogP contribution in [0.3, 0.4) is 0 Å². The molecule has 7 rings (SSSR count). The van der Waals surface area contributed by atoms with Gasteiger partial charge in [-0.3, -0.25) is 33.7 Å². The maximum Gasteiger partial charge on any atom is 0.253 e. The molecular formula is C60H80N12O7S. The minimum absolute atomic E-state index is 0.00291. The van der Waals surface area contributed by atoms with Crippen molar-refractivity contribution < 1.29 is 29.1 Å². The van der Waals surface area contributed by atoms with Crippen molar-refractivity contribution in [1.82, 2.24) is 46.0 Å². The highest BCUT2D eigenvalue weighted by Crippen LogP contribution is 2.32. The van der Waals surface area contributed by atoms with Crippen molar-refractivity contribution in [3.63, 3.8) is 0 Å². The number of hydrogen-bond donors (Lipinski definition) is 8. The number of piperazine rings is 1. The second kappa shape index (κ2) is 27.7. The summed E-state index contributed by atoms with van der Waals surface area (Å²) in [6.07, 6.45) is 5.66. The van der Waals surface area contributed by atoms with Crippen LogP contribution >= 0.6 is 11.3 Å². The lowest BCUT2D eigenvalue weighted by atomic mass is 9.85. The molecule has 80 heavy (non-hydrogen) atoms. The van der Waals surface area contributed by atoms with Crippen molar-refractivity contribution in [1.29, 1.82) is 5.41 Å². The number of aryl methyl sites for hydroxylation is 3. The minimum atomic E-state index is -0.900. The molecule has 2 aromatic carbocycles. The number of hydrogen-bond acceptors (Lipinski definition) is 14. The molecule has 2 aliphatic heterocycles. The summed E-state index contributed by atoms with van der Waals surface area (Å²) in [7, 11) is 0. The van der Waals surface area contributed by atoms with Gasteiger partial charge in [-0.05, 0) is 105 Å². The Labute approximate surface area is 473 Å². The van der Waals surface area contributed by atoms with Gasteiger partial charge in [-0.1, -0.05) is 57.9 Å². The van der Waals surface area contributed by atoms with Gasteiger partial charge >= 0.3 is 0 Å². The number of amides is 5. The van der Waals surface area contributed by atoms with Crippen LogP contribution in [0, 0.1) is 31.6 Å². The summed E-state index contributed by atoms with van der Waals surface area (Å²) in [5.74, 6) is -0.575. The van der Waals surface area contributed by atoms with Gasteiger partial charge in [0.2, 0.25) is 23.6 Å². The molecule has 0 bridgehead atoms. The number of carbonyl (C=O) groups is 5. The van der Waals surface area contributed by atoms with E-state index in [0.717, 1.165) is 95.5 Å². The zero-order valence-electron chi connectivity index (χ0n) is 47.6. The smallest absolute Gasteiger partial charge is 0.253 e. The Bertz CT molecular complexity index is 3030. The number of thiazole rings is 1. The molecule has 20 heteroatoms. The van der Waals surface area contributed by atoms with Crippen LogP contribution in [-0.4, -0.2) is 136 Å². The second-order valence-electron chi connectivity index (χ2n) is 22.5. The Morgan fingerprint density at radius 1 is 0.850 bits per heavy atom. The summed E-state index contributed by atoms with van der Waals surface area (Å²) in [5, 5.41) is 34.1. The molecule has 3 aromatic heterocycles. The first-order valence-corrected chi connectivity index (χ1v) is 28.7. The number of anilines is 2. The first kappa shape index (κ1) is 60.4. The summed E-state index contributed by atoms with van der Waals surface area (Å²) in [6, 6.07) is 15.7. The predicted octanol–water partition coefficient (Wildman–Crippen LogP) is 6.62. The number of aromatic nitrogens is 3. The van der Waals surface area contributed by atoms with Gasteiger partial charge in [0.25, 0.3) is 11.5 Å². The van der Waals surface area contributed by atoms with Gasteiger partial charge in [0, 0.05) is 125 Å². The molecule has 2 aliphatic rings. The van der Waals surface area contributed by atoms with Crippen LogP contribution in [0.2, 0.25) is 0 Å². The van der Waals surface area contributed by atoms with E-state index in [1.54, 1.807) is 23.6 Å². The fourth-order valence-electron chi connectivity index (χ4n) is 10.3. The number of carbonyl (C=O) groups excluding carboxylic acids is 5. The van der Waals surface area contributed by atoms with Gasteiger partial charge < -0.3 is 51.9 Å². The van der Waals surface area contributed by atoms with E-state index in [2.05, 4.69) is 46.4 Å². The first-order chi connectivity index (χ1) is 38.2. The average Bonchev–Trinajstić information content (AvgIpc) is 4.10. The number of aromatic amines is 1. The highest BCUT2D eigenvalue weighted by Gasteiger charge is 2.44. The first-order valence-electron chi connectivity index (χ1n) is 27.9. The zero-order chi connectivity index (χ0) is 57.7. The SMILES string of the molecule is Cc1cc(C)c(CNC(=O)c2cc(-c3ccc(N4CCN(CCNC(=O)CCCCCCC(=O)N[C@H](C(=O)N5C[C@H](O)C[C@H]5C(=O)NCc5ccc(-c6scnc6C)cc5)C(C)(C)C)CC4)nc3)cc(NC(C)C)c2C=N)c(=O)[nH]1. The topological polar surface area (TPSA) is 258 Å². The quantitative estimate of drug-likeness (QED) is 0.0240. The highest BCUT2D eigenvalue weighted by atomic mass is 32.1. The lowest BCUT2D eigenvalue weighted by molar-refractivity contribution is -0.144. The zero-order valence-corrected chi connectivity index (χ0v) is 48.4. The normalized spacial score (nSPS) is 16.1. The molecule has 19 nitrogen and oxygen atoms in total. The second-order valence-corrected chi connectivity index (χ2v) is 23.4. The molecule has 0 saturated carbocycles. The molecule has 2 saturated heterocycles. The Hall–Kier alpha value is -7.29. The van der Waals surface area contributed by atoms with E-state index in [-0.39, 0.29) is 61.8 Å². The Kier molecular flexibility index (Phi) is 20.9. The molecule has 8 N–H and O–H groups in total. The van der Waals surface area contributed by atoms with Gasteiger partial charge in [-0.2, -0.15) is 0 Å². The highest BCUT2D eigenvalue weighted by molar-refractivity contribution is 7.13. The number of aliphatic hydroxyl groups excluding tert-OH is 1. The molecule has 428 valence electrons. The Balaban J connectivity index is 0.792. The van der Waals surface area contributed by atoms with Crippen LogP contribution in [0.15, 0.2) is 71.1 Å². The number of nitrogens with zero attached hydrogens (tertiary/aromatic N) is 5. The van der Waals surface area contributed by atoms with Crippen molar-refractivity contribution in [3.05, 3.63) is 116 Å². The van der Waals surface area contributed by atoms with Gasteiger partial charge in [0.05, 0.1) is 27.7 Å². The number of rotatable bonds is 24. The van der Waals surface area contributed by atoms with Crippen LogP contribution < -0.4 is 37.0 Å². The fourth-order valence-corrected chi connectivity index (χ4v) is 11.1. The van der Waals surface area contributed by atoms with Crippen molar-refractivity contribution in [2.24, 2.45) is 5.41 Å². The number of pyridine rings is 2. The summed E-state index contributed by atoms with van der Waals surface area (Å²) >= 11 is 1.57. The minimum Gasteiger partial charge on any atom is -0.391 e. The molecule has 0 radical (unpaired) electrons. The predicted molar refractivity (Wildman–Crippen MR) is 315 cm³/mol. The third-order valence-corrected chi connectivity index (χ3v) is 15.7. The van der Waals surface area contributed by atoms with Crippen LogP contribution in [-0.2, 0) is 32.3 Å². The van der Waals surface area contributed by atoms with Gasteiger partial charge in [-0.25, -0.2) is 9.97 Å². The van der Waals surface area contributed by atoms with Crippen molar-refractivity contribution in [2.45, 2.75) is 138 Å². The third kappa shape index (κ3) is 16.2. The summed E-state index contributed by atoms with van der Waals surface area (Å²) in [5.41, 5.74) is 8.82. The largest absolute Gasteiger partial charge is 0.391 e. The van der Waals surface area contributed by atoms with Crippen LogP contribution in [0.25, 0.3) is 21.6 Å². The van der Waals surface area contributed by atoms with E-state index in [1.807, 2.05) is 109 Å². The lowest BCUT2D eigenvalue weighted by Gasteiger charge is -2.35. The molecule has 5 aromatic rings. The maximum atomic E-state index is 14.1. The van der Waals surface area contributed by atoms with Crippen molar-refractivity contribution >= 4 is 58.6 Å². The number of benzene rings is 2.